The third-order valence-electron chi connectivity index (χ3n) is 7.15. The molecular formula is C29H23N5O2. The van der Waals surface area contributed by atoms with E-state index in [1.165, 1.54) is 0 Å². The second kappa shape index (κ2) is 7.18. The van der Waals surface area contributed by atoms with Gasteiger partial charge in [0.2, 0.25) is 17.7 Å². The Morgan fingerprint density at radius 1 is 0.750 bits per heavy atom. The molecule has 2 aliphatic heterocycles. The number of rotatable bonds is 2. The van der Waals surface area contributed by atoms with Gasteiger partial charge in [-0.25, -0.2) is 9.36 Å². The second-order valence-electron chi connectivity index (χ2n) is 9.38. The molecule has 0 saturated carbocycles. The van der Waals surface area contributed by atoms with Gasteiger partial charge in [-0.05, 0) is 51.1 Å². The van der Waals surface area contributed by atoms with Crippen molar-refractivity contribution in [3.05, 3.63) is 113 Å². The molecule has 0 atom stereocenters. The topological polar surface area (TPSA) is 74.0 Å². The van der Waals surface area contributed by atoms with E-state index < -0.39 is 5.41 Å². The quantitative estimate of drug-likeness (QED) is 0.374. The summed E-state index contributed by atoms with van der Waals surface area (Å²) in [6, 6.07) is 25.7. The first-order chi connectivity index (χ1) is 17.5. The molecule has 2 aromatic heterocycles. The van der Waals surface area contributed by atoms with E-state index in [4.69, 9.17) is 14.9 Å². The highest BCUT2D eigenvalue weighted by molar-refractivity contribution is 6.13. The number of fused-ring (bicyclic) bond motifs is 6. The number of amides is 1. The van der Waals surface area contributed by atoms with Crippen molar-refractivity contribution < 1.29 is 9.53 Å². The number of hydrogen-bond acceptors (Lipinski definition) is 4. The van der Waals surface area contributed by atoms with Crippen molar-refractivity contribution in [1.29, 1.82) is 0 Å². The highest BCUT2D eigenvalue weighted by Gasteiger charge is 2.59. The van der Waals surface area contributed by atoms with Crippen molar-refractivity contribution in [1.82, 2.24) is 19.6 Å². The van der Waals surface area contributed by atoms with Crippen molar-refractivity contribution in [3.8, 4) is 23.1 Å². The molecule has 1 amide bonds. The largest absolute Gasteiger partial charge is 0.420 e. The molecule has 7 rings (SSSR count). The highest BCUT2D eigenvalue weighted by atomic mass is 16.5. The molecule has 0 bridgehead atoms. The Balaban J connectivity index is 1.63. The van der Waals surface area contributed by atoms with Gasteiger partial charge in [0.25, 0.3) is 0 Å². The molecule has 0 fully saturated rings. The Labute approximate surface area is 208 Å². The Bertz CT molecular complexity index is 1590. The molecule has 0 aliphatic carbocycles. The summed E-state index contributed by atoms with van der Waals surface area (Å²) in [5.41, 5.74) is 6.28. The van der Waals surface area contributed by atoms with Crippen molar-refractivity contribution in [2.75, 3.05) is 5.32 Å². The summed E-state index contributed by atoms with van der Waals surface area (Å²) < 4.78 is 10.3. The summed E-state index contributed by atoms with van der Waals surface area (Å²) in [4.78, 5) is 14.2. The lowest BCUT2D eigenvalue weighted by Crippen LogP contribution is -2.40. The van der Waals surface area contributed by atoms with Crippen LogP contribution in [0.3, 0.4) is 0 Å². The Kier molecular flexibility index (Phi) is 4.13. The lowest BCUT2D eigenvalue weighted by Gasteiger charge is -2.33. The fourth-order valence-electron chi connectivity index (χ4n) is 5.68. The van der Waals surface area contributed by atoms with Crippen LogP contribution in [0.5, 0.6) is 11.8 Å². The van der Waals surface area contributed by atoms with Gasteiger partial charge in [0.1, 0.15) is 5.41 Å². The van der Waals surface area contributed by atoms with Crippen LogP contribution in [0, 0.1) is 20.8 Å². The summed E-state index contributed by atoms with van der Waals surface area (Å²) in [7, 11) is 0. The fraction of sp³-hybridized carbons (Fsp3) is 0.138. The fourth-order valence-corrected chi connectivity index (χ4v) is 5.68. The Morgan fingerprint density at radius 3 is 1.81 bits per heavy atom. The summed E-state index contributed by atoms with van der Waals surface area (Å²) in [6.07, 6.45) is 0. The number of anilines is 1. The van der Waals surface area contributed by atoms with E-state index in [0.29, 0.717) is 11.8 Å². The maximum Gasteiger partial charge on any atom is 0.244 e. The summed E-state index contributed by atoms with van der Waals surface area (Å²) >= 11 is 0. The van der Waals surface area contributed by atoms with Gasteiger partial charge in [-0.15, -0.1) is 0 Å². The van der Waals surface area contributed by atoms with Crippen LogP contribution in [0.15, 0.2) is 78.9 Å². The number of para-hydroxylation sites is 2. The van der Waals surface area contributed by atoms with E-state index in [1.54, 1.807) is 9.36 Å². The van der Waals surface area contributed by atoms with Crippen LogP contribution in [-0.4, -0.2) is 25.5 Å². The minimum Gasteiger partial charge on any atom is -0.420 e. The number of aromatic nitrogens is 4. The molecule has 1 spiro atoms. The summed E-state index contributed by atoms with van der Waals surface area (Å²) in [6.45, 7) is 5.91. The van der Waals surface area contributed by atoms with Crippen molar-refractivity contribution in [3.63, 3.8) is 0 Å². The molecule has 176 valence electrons. The lowest BCUT2D eigenvalue weighted by molar-refractivity contribution is -0.118. The van der Waals surface area contributed by atoms with Gasteiger partial charge in [0, 0.05) is 11.3 Å². The van der Waals surface area contributed by atoms with E-state index in [-0.39, 0.29) is 5.91 Å². The van der Waals surface area contributed by atoms with E-state index >= 15 is 0 Å². The van der Waals surface area contributed by atoms with Gasteiger partial charge in [0.15, 0.2) is 0 Å². The van der Waals surface area contributed by atoms with E-state index in [2.05, 4.69) is 11.4 Å². The molecule has 0 saturated heterocycles. The first kappa shape index (κ1) is 20.7. The average Bonchev–Trinajstić information content (AvgIpc) is 3.50. The predicted molar refractivity (Wildman–Crippen MR) is 136 cm³/mol. The standard InChI is InChI=1S/C29H23N5O2/c1-17-14-15-23-22(16-17)29(28(35)30-23)24-18(2)31-33(20-10-6-4-7-11-20)26(24)36-27-25(29)19(3)32-34(27)21-12-8-5-9-13-21/h4-16H,1-3H3,(H,30,35). The molecule has 0 unspecified atom stereocenters. The number of ether oxygens (including phenoxy) is 1. The second-order valence-corrected chi connectivity index (χ2v) is 9.38. The predicted octanol–water partition coefficient (Wildman–Crippen LogP) is 5.38. The molecule has 4 heterocycles. The zero-order chi connectivity index (χ0) is 24.6. The van der Waals surface area contributed by atoms with Crippen LogP contribution in [0.4, 0.5) is 5.69 Å². The van der Waals surface area contributed by atoms with Crippen LogP contribution >= 0.6 is 0 Å². The minimum atomic E-state index is -1.14. The first-order valence-electron chi connectivity index (χ1n) is 11.9. The highest BCUT2D eigenvalue weighted by Crippen LogP contribution is 2.58. The van der Waals surface area contributed by atoms with Crippen LogP contribution in [0.1, 0.15) is 33.6 Å². The summed E-state index contributed by atoms with van der Waals surface area (Å²) in [5.74, 6) is 0.917. The van der Waals surface area contributed by atoms with Gasteiger partial charge >= 0.3 is 0 Å². The number of carbonyl (C=O) groups excluding carboxylic acids is 1. The normalized spacial score (nSPS) is 14.7. The maximum atomic E-state index is 14.2. The van der Waals surface area contributed by atoms with Gasteiger partial charge < -0.3 is 10.1 Å². The van der Waals surface area contributed by atoms with Crippen LogP contribution in [-0.2, 0) is 10.2 Å². The molecule has 2 aliphatic rings. The summed E-state index contributed by atoms with van der Waals surface area (Å²) in [5, 5.41) is 12.9. The number of aryl methyl sites for hydroxylation is 3. The molecule has 36 heavy (non-hydrogen) atoms. The van der Waals surface area contributed by atoms with Crippen molar-refractivity contribution >= 4 is 11.6 Å². The van der Waals surface area contributed by atoms with Gasteiger partial charge in [-0.3, -0.25) is 4.79 Å². The number of carbonyl (C=O) groups is 1. The van der Waals surface area contributed by atoms with Crippen molar-refractivity contribution in [2.24, 2.45) is 0 Å². The molecule has 0 radical (unpaired) electrons. The molecule has 7 nitrogen and oxygen atoms in total. The van der Waals surface area contributed by atoms with Gasteiger partial charge in [-0.1, -0.05) is 54.1 Å². The number of nitrogens with zero attached hydrogens (tertiary/aromatic N) is 4. The zero-order valence-electron chi connectivity index (χ0n) is 20.1. The monoisotopic (exact) mass is 473 g/mol. The third kappa shape index (κ3) is 2.54. The van der Waals surface area contributed by atoms with Crippen molar-refractivity contribution in [2.45, 2.75) is 26.2 Å². The Hall–Kier alpha value is -4.65. The lowest BCUT2D eigenvalue weighted by atomic mass is 9.68. The van der Waals surface area contributed by atoms with Gasteiger partial charge in [0.05, 0.1) is 33.9 Å². The molecule has 7 heteroatoms. The third-order valence-corrected chi connectivity index (χ3v) is 7.15. The van der Waals surface area contributed by atoms with E-state index in [0.717, 1.165) is 50.7 Å². The number of hydrogen-bond donors (Lipinski definition) is 1. The average molecular weight is 474 g/mol. The van der Waals surface area contributed by atoms with Crippen LogP contribution in [0.2, 0.25) is 0 Å². The number of nitrogens with one attached hydrogen (secondary N) is 1. The van der Waals surface area contributed by atoms with Crippen LogP contribution < -0.4 is 10.1 Å². The Morgan fingerprint density at radius 2 is 1.28 bits per heavy atom. The molecule has 5 aromatic rings. The number of benzene rings is 3. The molecule has 3 aromatic carbocycles. The van der Waals surface area contributed by atoms with E-state index in [9.17, 15) is 4.79 Å². The SMILES string of the molecule is Cc1ccc2c(c1)C1(C(=O)N2)c2c(C)nn(-c3ccccc3)c2Oc2c1c(C)nn2-c1ccccc1. The van der Waals surface area contributed by atoms with Gasteiger partial charge in [-0.2, -0.15) is 10.2 Å². The molecular weight excluding hydrogens is 450 g/mol. The maximum absolute atomic E-state index is 14.2. The smallest absolute Gasteiger partial charge is 0.244 e. The minimum absolute atomic E-state index is 0.125. The van der Waals surface area contributed by atoms with E-state index in [1.807, 2.05) is 93.6 Å². The zero-order valence-corrected chi connectivity index (χ0v) is 20.1. The first-order valence-corrected chi connectivity index (χ1v) is 11.9. The molecule has 1 N–H and O–H groups in total. The van der Waals surface area contributed by atoms with Crippen LogP contribution in [0.25, 0.3) is 11.4 Å².